The molecule has 3 heterocycles. The summed E-state index contributed by atoms with van der Waals surface area (Å²) in [4.78, 5) is 23.4. The zero-order valence-corrected chi connectivity index (χ0v) is 10.1. The Balaban J connectivity index is 1.79. The largest absolute Gasteiger partial charge is 0.481 e. The SMILES string of the molecule is Cc1cc(NC(=O)[C@H]2[C@H](C(=O)O)[C@H]3C=C[C@H]2O3)no1. The molecule has 19 heavy (non-hydrogen) atoms. The van der Waals surface area contributed by atoms with Crippen molar-refractivity contribution in [2.45, 2.75) is 19.1 Å². The zero-order chi connectivity index (χ0) is 13.6. The minimum atomic E-state index is -1.03. The summed E-state index contributed by atoms with van der Waals surface area (Å²) in [6.07, 6.45) is 2.40. The predicted molar refractivity (Wildman–Crippen MR) is 62.3 cm³/mol. The first-order valence-corrected chi connectivity index (χ1v) is 5.87. The molecule has 1 aromatic heterocycles. The monoisotopic (exact) mass is 264 g/mol. The molecule has 2 aliphatic rings. The molecule has 3 rings (SSSR count). The van der Waals surface area contributed by atoms with Crippen LogP contribution in [0.25, 0.3) is 0 Å². The van der Waals surface area contributed by atoms with Gasteiger partial charge in [0.2, 0.25) is 5.91 Å². The number of hydrogen-bond acceptors (Lipinski definition) is 5. The van der Waals surface area contributed by atoms with E-state index in [1.807, 2.05) is 0 Å². The number of ether oxygens (including phenoxy) is 1. The lowest BCUT2D eigenvalue weighted by molar-refractivity contribution is -0.145. The van der Waals surface area contributed by atoms with E-state index in [9.17, 15) is 14.7 Å². The van der Waals surface area contributed by atoms with Crippen molar-refractivity contribution < 1.29 is 24.0 Å². The average Bonchev–Trinajstić information content (AvgIpc) is 3.03. The number of anilines is 1. The summed E-state index contributed by atoms with van der Waals surface area (Å²) in [7, 11) is 0. The number of carboxylic acid groups (broad SMARTS) is 1. The Kier molecular flexibility index (Phi) is 2.63. The number of carbonyl (C=O) groups is 2. The second kappa shape index (κ2) is 4.20. The van der Waals surface area contributed by atoms with Gasteiger partial charge in [0.05, 0.1) is 18.1 Å². The first-order valence-electron chi connectivity index (χ1n) is 5.87. The van der Waals surface area contributed by atoms with Crippen molar-refractivity contribution in [1.29, 1.82) is 0 Å². The first kappa shape index (κ1) is 11.9. The van der Waals surface area contributed by atoms with Gasteiger partial charge in [0.1, 0.15) is 11.7 Å². The van der Waals surface area contributed by atoms with Crippen LogP contribution < -0.4 is 5.32 Å². The van der Waals surface area contributed by atoms with Crippen molar-refractivity contribution in [2.75, 3.05) is 5.32 Å². The predicted octanol–water partition coefficient (Wildman–Crippen LogP) is 0.576. The van der Waals surface area contributed by atoms with Gasteiger partial charge in [0, 0.05) is 6.07 Å². The Morgan fingerprint density at radius 1 is 1.32 bits per heavy atom. The van der Waals surface area contributed by atoms with Gasteiger partial charge in [-0.15, -0.1) is 0 Å². The molecule has 0 unspecified atom stereocenters. The molecule has 4 atom stereocenters. The normalized spacial score (nSPS) is 31.6. The fraction of sp³-hybridized carbons (Fsp3) is 0.417. The van der Waals surface area contributed by atoms with E-state index in [4.69, 9.17) is 9.26 Å². The van der Waals surface area contributed by atoms with E-state index < -0.39 is 35.9 Å². The number of aromatic nitrogens is 1. The Morgan fingerprint density at radius 2 is 2.00 bits per heavy atom. The summed E-state index contributed by atoms with van der Waals surface area (Å²) in [6, 6.07) is 1.57. The lowest BCUT2D eigenvalue weighted by Gasteiger charge is -2.20. The number of aliphatic carboxylic acids is 1. The summed E-state index contributed by atoms with van der Waals surface area (Å²) in [6.45, 7) is 1.70. The molecule has 0 saturated carbocycles. The van der Waals surface area contributed by atoms with Crippen LogP contribution in [0.1, 0.15) is 5.76 Å². The highest BCUT2D eigenvalue weighted by atomic mass is 16.5. The van der Waals surface area contributed by atoms with E-state index in [0.717, 1.165) is 0 Å². The molecule has 100 valence electrons. The number of nitrogens with zero attached hydrogens (tertiary/aromatic N) is 1. The zero-order valence-electron chi connectivity index (χ0n) is 10.1. The third-order valence-electron chi connectivity index (χ3n) is 3.37. The van der Waals surface area contributed by atoms with Crippen molar-refractivity contribution in [2.24, 2.45) is 11.8 Å². The topological polar surface area (TPSA) is 102 Å². The number of hydrogen-bond donors (Lipinski definition) is 2. The molecular weight excluding hydrogens is 252 g/mol. The third kappa shape index (κ3) is 1.91. The summed E-state index contributed by atoms with van der Waals surface area (Å²) < 4.78 is 10.3. The average molecular weight is 264 g/mol. The number of rotatable bonds is 3. The van der Waals surface area contributed by atoms with Crippen LogP contribution in [0.4, 0.5) is 5.82 Å². The Morgan fingerprint density at radius 3 is 2.58 bits per heavy atom. The van der Waals surface area contributed by atoms with Gasteiger partial charge in [-0.3, -0.25) is 9.59 Å². The van der Waals surface area contributed by atoms with Gasteiger partial charge in [0.15, 0.2) is 5.82 Å². The van der Waals surface area contributed by atoms with Crippen molar-refractivity contribution in [1.82, 2.24) is 5.16 Å². The van der Waals surface area contributed by atoms with Gasteiger partial charge in [-0.1, -0.05) is 17.3 Å². The molecule has 1 aromatic rings. The summed E-state index contributed by atoms with van der Waals surface area (Å²) in [5, 5.41) is 15.4. The van der Waals surface area contributed by atoms with Gasteiger partial charge in [0.25, 0.3) is 0 Å². The Hall–Kier alpha value is -2.15. The molecule has 0 aliphatic carbocycles. The van der Waals surface area contributed by atoms with Crippen LogP contribution in [0.5, 0.6) is 0 Å². The molecule has 2 aliphatic heterocycles. The summed E-state index contributed by atoms with van der Waals surface area (Å²) in [5.74, 6) is -2.22. The Bertz CT molecular complexity index is 564. The van der Waals surface area contributed by atoms with Crippen LogP contribution in [-0.4, -0.2) is 34.3 Å². The Labute approximate surface area is 108 Å². The second-order valence-electron chi connectivity index (χ2n) is 4.65. The second-order valence-corrected chi connectivity index (χ2v) is 4.65. The molecule has 7 heteroatoms. The van der Waals surface area contributed by atoms with Crippen LogP contribution in [0.2, 0.25) is 0 Å². The van der Waals surface area contributed by atoms with Gasteiger partial charge in [-0.2, -0.15) is 0 Å². The van der Waals surface area contributed by atoms with E-state index in [1.54, 1.807) is 25.1 Å². The molecule has 1 fully saturated rings. The van der Waals surface area contributed by atoms with Crippen molar-refractivity contribution in [3.05, 3.63) is 24.0 Å². The van der Waals surface area contributed by atoms with E-state index in [-0.39, 0.29) is 5.82 Å². The molecule has 0 aromatic carbocycles. The van der Waals surface area contributed by atoms with Gasteiger partial charge in [-0.05, 0) is 6.92 Å². The number of aryl methyl sites for hydroxylation is 1. The van der Waals surface area contributed by atoms with Crippen molar-refractivity contribution in [3.8, 4) is 0 Å². The highest BCUT2D eigenvalue weighted by Gasteiger charge is 2.53. The maximum atomic E-state index is 12.2. The van der Waals surface area contributed by atoms with E-state index in [2.05, 4.69) is 10.5 Å². The van der Waals surface area contributed by atoms with Crippen molar-refractivity contribution >= 4 is 17.7 Å². The first-order chi connectivity index (χ1) is 9.06. The van der Waals surface area contributed by atoms with Gasteiger partial charge >= 0.3 is 5.97 Å². The summed E-state index contributed by atoms with van der Waals surface area (Å²) in [5.41, 5.74) is 0. The molecule has 0 spiro atoms. The minimum absolute atomic E-state index is 0.276. The fourth-order valence-corrected chi connectivity index (χ4v) is 2.55. The number of fused-ring (bicyclic) bond motifs is 2. The molecule has 2 N–H and O–H groups in total. The quantitative estimate of drug-likeness (QED) is 0.774. The number of carboxylic acids is 1. The molecule has 2 bridgehead atoms. The minimum Gasteiger partial charge on any atom is -0.481 e. The van der Waals surface area contributed by atoms with Crippen LogP contribution in [0.3, 0.4) is 0 Å². The lowest BCUT2D eigenvalue weighted by atomic mass is 9.82. The van der Waals surface area contributed by atoms with Crippen LogP contribution in [-0.2, 0) is 14.3 Å². The van der Waals surface area contributed by atoms with E-state index in [0.29, 0.717) is 5.76 Å². The summed E-state index contributed by atoms with van der Waals surface area (Å²) >= 11 is 0. The standard InChI is InChI=1S/C12H12N2O5/c1-5-4-8(14-19-5)13-11(15)9-6-2-3-7(18-6)10(9)12(16)17/h2-4,6-7,9-10H,1H3,(H,16,17)(H,13,14,15)/t6-,7-,9-,10-/m1/s1. The molecule has 1 amide bonds. The fourth-order valence-electron chi connectivity index (χ4n) is 2.55. The van der Waals surface area contributed by atoms with E-state index in [1.165, 1.54) is 0 Å². The number of nitrogens with one attached hydrogen (secondary N) is 1. The van der Waals surface area contributed by atoms with Crippen molar-refractivity contribution in [3.63, 3.8) is 0 Å². The van der Waals surface area contributed by atoms with E-state index >= 15 is 0 Å². The van der Waals surface area contributed by atoms with Gasteiger partial charge < -0.3 is 19.7 Å². The highest BCUT2D eigenvalue weighted by molar-refractivity contribution is 5.96. The molecule has 7 nitrogen and oxygen atoms in total. The number of carbonyl (C=O) groups excluding carboxylic acids is 1. The maximum absolute atomic E-state index is 12.2. The van der Waals surface area contributed by atoms with Crippen LogP contribution in [0, 0.1) is 18.8 Å². The lowest BCUT2D eigenvalue weighted by Crippen LogP contribution is -2.39. The van der Waals surface area contributed by atoms with Gasteiger partial charge in [-0.25, -0.2) is 0 Å². The molecule has 0 radical (unpaired) electrons. The smallest absolute Gasteiger partial charge is 0.310 e. The van der Waals surface area contributed by atoms with Crippen LogP contribution in [0.15, 0.2) is 22.7 Å². The molecule has 1 saturated heterocycles. The van der Waals surface area contributed by atoms with Crippen LogP contribution >= 0.6 is 0 Å². The number of amides is 1. The highest BCUT2D eigenvalue weighted by Crippen LogP contribution is 2.39. The maximum Gasteiger partial charge on any atom is 0.310 e. The molecular formula is C12H12N2O5. The third-order valence-corrected chi connectivity index (χ3v) is 3.37.